The highest BCUT2D eigenvalue weighted by Crippen LogP contribution is 2.31. The van der Waals surface area contributed by atoms with Gasteiger partial charge in [0.15, 0.2) is 6.04 Å². The minimum atomic E-state index is -1.43. The molecule has 0 aromatic carbocycles. The van der Waals surface area contributed by atoms with Crippen molar-refractivity contribution in [3.63, 3.8) is 0 Å². The monoisotopic (exact) mass is 290 g/mol. The fourth-order valence-electron chi connectivity index (χ4n) is 2.56. The lowest BCUT2D eigenvalue weighted by atomic mass is 10.2. The summed E-state index contributed by atoms with van der Waals surface area (Å²) in [6.07, 6.45) is -1.66. The van der Waals surface area contributed by atoms with Crippen molar-refractivity contribution in [1.29, 1.82) is 0 Å². The second-order valence-electron chi connectivity index (χ2n) is 6.46. The maximum atomic E-state index is 11.8. The highest BCUT2D eigenvalue weighted by atomic mass is 28.3. The van der Waals surface area contributed by atoms with Crippen molar-refractivity contribution in [3.8, 4) is 0 Å². The van der Waals surface area contributed by atoms with Crippen molar-refractivity contribution < 1.29 is 29.0 Å². The molecule has 0 saturated carbocycles. The first-order chi connectivity index (χ1) is 8.62. The molecule has 0 aromatic rings. The van der Waals surface area contributed by atoms with Crippen LogP contribution >= 0.6 is 0 Å². The van der Waals surface area contributed by atoms with Crippen LogP contribution < -0.4 is 0 Å². The van der Waals surface area contributed by atoms with E-state index in [1.165, 1.54) is 7.11 Å². The molecule has 0 aliphatic carbocycles. The van der Waals surface area contributed by atoms with Crippen molar-refractivity contribution in [2.24, 2.45) is 0 Å². The van der Waals surface area contributed by atoms with E-state index in [-0.39, 0.29) is 13.0 Å². The number of methoxy groups -OCH3 is 1. The van der Waals surface area contributed by atoms with Crippen molar-refractivity contribution in [3.05, 3.63) is 0 Å². The predicted octanol–water partition coefficient (Wildman–Crippen LogP) is 1.13. The molecule has 1 aliphatic rings. The van der Waals surface area contributed by atoms with Gasteiger partial charge in [0, 0.05) is 6.42 Å². The Bertz CT molecular complexity index is 368. The van der Waals surface area contributed by atoms with Crippen LogP contribution in [0.25, 0.3) is 0 Å². The molecule has 1 amide bonds. The highest BCUT2D eigenvalue weighted by molar-refractivity contribution is 6.76. The number of likely N-dealkylation sites (tertiary alicyclic amines) is 1. The molecule has 1 rings (SSSR count). The number of carboxylic acid groups (broad SMARTS) is 1. The van der Waals surface area contributed by atoms with Crippen LogP contribution in [0.15, 0.2) is 0 Å². The largest absolute Gasteiger partial charge is 0.514 e. The third kappa shape index (κ3) is 3.55. The van der Waals surface area contributed by atoms with E-state index in [2.05, 4.69) is 19.6 Å². The number of hydrogen-bond donors (Lipinski definition) is 2. The number of carbonyl (C=O) groups excluding carboxylic acids is 1. The van der Waals surface area contributed by atoms with Crippen LogP contribution in [0.3, 0.4) is 0 Å². The molecule has 0 bridgehead atoms. The molecular weight excluding hydrogens is 266 g/mol. The summed E-state index contributed by atoms with van der Waals surface area (Å²) in [6.45, 7) is 6.93. The van der Waals surface area contributed by atoms with E-state index in [1.54, 1.807) is 0 Å². The third-order valence-electron chi connectivity index (χ3n) is 3.74. The normalized spacial score (nSPS) is 31.2. The van der Waals surface area contributed by atoms with E-state index in [9.17, 15) is 19.8 Å². The summed E-state index contributed by atoms with van der Waals surface area (Å²) in [7, 11) is -0.175. The van der Waals surface area contributed by atoms with Gasteiger partial charge in [0.25, 0.3) is 0 Å². The Kier molecular flexibility index (Phi) is 4.75. The summed E-state index contributed by atoms with van der Waals surface area (Å²) >= 11 is 0. The smallest absolute Gasteiger partial charge is 0.465 e. The minimum Gasteiger partial charge on any atom is -0.465 e. The molecule has 1 aliphatic heterocycles. The number of ether oxygens (including phenoxy) is 1. The topological polar surface area (TPSA) is 83.8 Å². The second-order valence-corrected chi connectivity index (χ2v) is 12.1. The highest BCUT2D eigenvalue weighted by Gasteiger charge is 2.56. The average Bonchev–Trinajstić information content (AvgIpc) is 2.63. The van der Waals surface area contributed by atoms with E-state index in [0.29, 0.717) is 6.54 Å². The van der Waals surface area contributed by atoms with Crippen molar-refractivity contribution in [1.82, 2.24) is 0 Å². The van der Waals surface area contributed by atoms with E-state index in [4.69, 9.17) is 4.74 Å². The van der Waals surface area contributed by atoms with Gasteiger partial charge in [-0.2, -0.15) is 4.79 Å². The van der Waals surface area contributed by atoms with Crippen LogP contribution in [0, 0.1) is 0 Å². The first kappa shape index (κ1) is 16.1. The van der Waals surface area contributed by atoms with Gasteiger partial charge in [0.1, 0.15) is 12.6 Å². The Morgan fingerprint density at radius 3 is 2.37 bits per heavy atom. The zero-order valence-corrected chi connectivity index (χ0v) is 13.0. The molecule has 1 unspecified atom stereocenters. The van der Waals surface area contributed by atoms with Gasteiger partial charge in [-0.05, 0) is 6.04 Å². The zero-order valence-electron chi connectivity index (χ0n) is 12.0. The molecule has 2 N–H and O–H groups in total. The predicted molar refractivity (Wildman–Crippen MR) is 72.6 cm³/mol. The number of nitrogens with zero attached hydrogens (tertiary/aromatic N) is 1. The molecule has 1 fully saturated rings. The number of aliphatic hydroxyl groups is 1. The number of hydrogen-bond acceptors (Lipinski definition) is 4. The Morgan fingerprint density at radius 2 is 1.95 bits per heavy atom. The fraction of sp³-hybridized carbons (Fsp3) is 0.833. The van der Waals surface area contributed by atoms with Crippen LogP contribution in [-0.4, -0.2) is 67.2 Å². The van der Waals surface area contributed by atoms with Crippen LogP contribution in [-0.2, 0) is 9.53 Å². The van der Waals surface area contributed by atoms with Gasteiger partial charge in [-0.1, -0.05) is 19.6 Å². The SMILES string of the molecule is COC(=O)[C@@H]1C[C@@H](O)C[N+]1(CC[Si](C)(C)C)C(=O)O. The molecule has 0 aromatic heterocycles. The molecule has 1 heterocycles. The van der Waals surface area contributed by atoms with Crippen LogP contribution in [0.1, 0.15) is 6.42 Å². The summed E-state index contributed by atoms with van der Waals surface area (Å²) in [5.74, 6) is -0.547. The molecule has 6 nitrogen and oxygen atoms in total. The summed E-state index contributed by atoms with van der Waals surface area (Å²) in [6, 6.07) is -0.00618. The van der Waals surface area contributed by atoms with Gasteiger partial charge in [-0.25, -0.2) is 9.28 Å². The van der Waals surface area contributed by atoms with Gasteiger partial charge in [0.05, 0.1) is 21.7 Å². The maximum Gasteiger partial charge on any atom is 0.514 e. The number of rotatable bonds is 4. The Hall–Kier alpha value is -0.923. The number of quaternary nitrogens is 1. The molecule has 110 valence electrons. The number of amides is 1. The molecule has 1 saturated heterocycles. The van der Waals surface area contributed by atoms with Crippen molar-refractivity contribution in [2.75, 3.05) is 20.2 Å². The third-order valence-corrected chi connectivity index (χ3v) is 5.47. The van der Waals surface area contributed by atoms with Crippen molar-refractivity contribution in [2.45, 2.75) is 44.3 Å². The molecule has 19 heavy (non-hydrogen) atoms. The molecular formula is C12H24NO5Si+. The lowest BCUT2D eigenvalue weighted by Crippen LogP contribution is -2.60. The quantitative estimate of drug-likeness (QED) is 0.460. The van der Waals surface area contributed by atoms with Crippen LogP contribution in [0.2, 0.25) is 25.7 Å². The maximum absolute atomic E-state index is 11.8. The standard InChI is InChI=1S/C12H23NO5Si/c1-18-11(15)10-7-9(14)8-13(10,12(16)17)5-6-19(2,3)4/h9-10,14H,5-8H2,1-4H3/p+1/t9-,10+,13?/m1/s1. The average molecular weight is 290 g/mol. The summed E-state index contributed by atoms with van der Waals surface area (Å²) in [4.78, 5) is 23.5. The van der Waals surface area contributed by atoms with Gasteiger partial charge in [0.2, 0.25) is 0 Å². The van der Waals surface area contributed by atoms with E-state index in [0.717, 1.165) is 6.04 Å². The first-order valence-corrected chi connectivity index (χ1v) is 10.2. The molecule has 7 heteroatoms. The Labute approximate surface area is 114 Å². The molecule has 0 spiro atoms. The molecule has 0 radical (unpaired) electrons. The number of esters is 1. The lowest BCUT2D eigenvalue weighted by Gasteiger charge is -2.34. The van der Waals surface area contributed by atoms with Crippen molar-refractivity contribution >= 4 is 20.1 Å². The van der Waals surface area contributed by atoms with Gasteiger partial charge in [-0.3, -0.25) is 0 Å². The summed E-state index contributed by atoms with van der Waals surface area (Å²) in [5, 5.41) is 19.3. The summed E-state index contributed by atoms with van der Waals surface area (Å²) < 4.78 is 4.31. The Balaban J connectivity index is 3.01. The van der Waals surface area contributed by atoms with E-state index in [1.807, 2.05) is 0 Å². The Morgan fingerprint density at radius 1 is 1.37 bits per heavy atom. The van der Waals surface area contributed by atoms with Gasteiger partial charge < -0.3 is 14.9 Å². The number of aliphatic hydroxyl groups excluding tert-OH is 1. The molecule has 3 atom stereocenters. The fourth-order valence-corrected chi connectivity index (χ4v) is 3.63. The van der Waals surface area contributed by atoms with Gasteiger partial charge >= 0.3 is 12.1 Å². The van der Waals surface area contributed by atoms with E-state index < -0.39 is 36.8 Å². The van der Waals surface area contributed by atoms with Gasteiger partial charge in [-0.15, -0.1) is 0 Å². The van der Waals surface area contributed by atoms with Crippen LogP contribution in [0.4, 0.5) is 4.79 Å². The number of carbonyl (C=O) groups is 2. The van der Waals surface area contributed by atoms with E-state index >= 15 is 0 Å². The minimum absolute atomic E-state index is 0.0829. The first-order valence-electron chi connectivity index (χ1n) is 6.48. The lowest BCUT2D eigenvalue weighted by molar-refractivity contribution is -0.860. The van der Waals surface area contributed by atoms with Crippen LogP contribution in [0.5, 0.6) is 0 Å². The zero-order chi connectivity index (χ0) is 14.8. The second kappa shape index (κ2) is 5.60. The summed E-state index contributed by atoms with van der Waals surface area (Å²) in [5.41, 5.74) is 0.